The minimum atomic E-state index is -4.56. The van der Waals surface area contributed by atoms with Gasteiger partial charge in [-0.25, -0.2) is 4.57 Å². The highest BCUT2D eigenvalue weighted by Gasteiger charge is 2.33. The first-order valence-electron chi connectivity index (χ1n) is 10.3. The van der Waals surface area contributed by atoms with Crippen molar-refractivity contribution in [3.8, 4) is 11.5 Å². The van der Waals surface area contributed by atoms with Gasteiger partial charge in [-0.1, -0.05) is 24.3 Å². The first-order valence-corrected chi connectivity index (χ1v) is 11.8. The van der Waals surface area contributed by atoms with Gasteiger partial charge in [-0.05, 0) is 73.4 Å². The van der Waals surface area contributed by atoms with Crippen molar-refractivity contribution in [2.75, 3.05) is 13.2 Å². The van der Waals surface area contributed by atoms with Crippen LogP contribution in [-0.2, 0) is 15.5 Å². The third-order valence-corrected chi connectivity index (χ3v) is 5.96. The van der Waals surface area contributed by atoms with Gasteiger partial charge in [0.2, 0.25) is 0 Å². The van der Waals surface area contributed by atoms with Crippen LogP contribution in [0.15, 0.2) is 48.5 Å². The van der Waals surface area contributed by atoms with Crippen LogP contribution in [0.5, 0.6) is 11.5 Å². The van der Waals surface area contributed by atoms with Crippen molar-refractivity contribution in [1.82, 2.24) is 0 Å². The second-order valence-electron chi connectivity index (χ2n) is 7.58. The Morgan fingerprint density at radius 2 is 1.67 bits per heavy atom. The Labute approximate surface area is 177 Å². The van der Waals surface area contributed by atoms with E-state index in [0.29, 0.717) is 19.1 Å². The summed E-state index contributed by atoms with van der Waals surface area (Å²) in [5, 5.41) is 0. The Balaban J connectivity index is 1.45. The van der Waals surface area contributed by atoms with Gasteiger partial charge < -0.3 is 25.0 Å². The zero-order valence-electron chi connectivity index (χ0n) is 17.1. The summed E-state index contributed by atoms with van der Waals surface area (Å²) in [5.74, 6) is 1.94. The molecule has 3 unspecified atom stereocenters. The molecule has 30 heavy (non-hydrogen) atoms. The lowest BCUT2D eigenvalue weighted by atomic mass is 9.96. The summed E-state index contributed by atoms with van der Waals surface area (Å²) in [6.45, 7) is 3.22. The summed E-state index contributed by atoms with van der Waals surface area (Å²) in [4.78, 5) is 17.9. The predicted octanol–water partition coefficient (Wildman–Crippen LogP) is 3.98. The van der Waals surface area contributed by atoms with E-state index < -0.39 is 14.1 Å². The number of hydrogen-bond donors (Lipinski definition) is 3. The molecule has 0 aliphatic heterocycles. The van der Waals surface area contributed by atoms with Crippen LogP contribution in [0.2, 0.25) is 0 Å². The molecular formula is C22H30NO6P. The summed E-state index contributed by atoms with van der Waals surface area (Å²) >= 11 is 0. The second kappa shape index (κ2) is 10.4. The molecule has 164 valence electrons. The quantitative estimate of drug-likeness (QED) is 0.382. The highest BCUT2D eigenvalue weighted by molar-refractivity contribution is 7.46. The van der Waals surface area contributed by atoms with Crippen LogP contribution < -0.4 is 15.2 Å². The van der Waals surface area contributed by atoms with Gasteiger partial charge in [0, 0.05) is 6.42 Å². The molecular weight excluding hydrogens is 405 g/mol. The molecule has 7 nitrogen and oxygen atoms in total. The molecule has 2 aromatic rings. The van der Waals surface area contributed by atoms with E-state index in [0.717, 1.165) is 37.2 Å². The number of phosphoric ester groups is 1. The molecule has 4 N–H and O–H groups in total. The molecule has 8 heteroatoms. The first-order chi connectivity index (χ1) is 14.3. The lowest BCUT2D eigenvalue weighted by molar-refractivity contribution is 0.0940. The van der Waals surface area contributed by atoms with Gasteiger partial charge >= 0.3 is 7.82 Å². The Morgan fingerprint density at radius 3 is 2.30 bits per heavy atom. The maximum atomic E-state index is 11.0. The van der Waals surface area contributed by atoms with Crippen LogP contribution in [0.3, 0.4) is 0 Å². The van der Waals surface area contributed by atoms with Gasteiger partial charge in [0.15, 0.2) is 0 Å². The largest absolute Gasteiger partial charge is 0.494 e. The zero-order valence-corrected chi connectivity index (χ0v) is 18.0. The van der Waals surface area contributed by atoms with Crippen LogP contribution in [0.1, 0.15) is 43.2 Å². The molecule has 2 aromatic carbocycles. The van der Waals surface area contributed by atoms with Crippen molar-refractivity contribution in [3.63, 3.8) is 0 Å². The number of ether oxygens (including phenoxy) is 2. The van der Waals surface area contributed by atoms with Gasteiger partial charge in [0.05, 0.1) is 13.2 Å². The van der Waals surface area contributed by atoms with Gasteiger partial charge in [-0.2, -0.15) is 0 Å². The molecule has 1 aliphatic carbocycles. The average Bonchev–Trinajstić information content (AvgIpc) is 3.19. The van der Waals surface area contributed by atoms with Gasteiger partial charge in [0.25, 0.3) is 0 Å². The fraction of sp³-hybridized carbons (Fsp3) is 0.455. The molecule has 0 heterocycles. The molecule has 0 aromatic heterocycles. The van der Waals surface area contributed by atoms with E-state index in [4.69, 9.17) is 25.0 Å². The van der Waals surface area contributed by atoms with E-state index >= 15 is 0 Å². The Morgan fingerprint density at radius 1 is 1.03 bits per heavy atom. The third kappa shape index (κ3) is 6.83. The Hall–Kier alpha value is -1.89. The molecule has 1 fully saturated rings. The minimum Gasteiger partial charge on any atom is -0.494 e. The SMILES string of the molecule is CCOc1ccc(CCOc2ccc(C3CCC(C(N)OP(=O)(O)O)C3)cc2)cc1. The molecule has 0 saturated heterocycles. The van der Waals surface area contributed by atoms with Crippen LogP contribution in [0.4, 0.5) is 0 Å². The highest BCUT2D eigenvalue weighted by Crippen LogP contribution is 2.44. The maximum Gasteiger partial charge on any atom is 0.471 e. The molecule has 1 aliphatic rings. The van der Waals surface area contributed by atoms with Gasteiger partial charge in [-0.15, -0.1) is 0 Å². The lowest BCUT2D eigenvalue weighted by Crippen LogP contribution is -2.30. The molecule has 0 radical (unpaired) electrons. The van der Waals surface area contributed by atoms with E-state index in [-0.39, 0.29) is 5.92 Å². The van der Waals surface area contributed by atoms with Crippen LogP contribution >= 0.6 is 7.82 Å². The van der Waals surface area contributed by atoms with Crippen molar-refractivity contribution in [1.29, 1.82) is 0 Å². The predicted molar refractivity (Wildman–Crippen MR) is 114 cm³/mol. The van der Waals surface area contributed by atoms with Crippen LogP contribution in [-0.4, -0.2) is 29.2 Å². The third-order valence-electron chi connectivity index (χ3n) is 5.44. The minimum absolute atomic E-state index is 0.0623. The highest BCUT2D eigenvalue weighted by atomic mass is 31.2. The van der Waals surface area contributed by atoms with Crippen molar-refractivity contribution in [2.45, 2.75) is 44.8 Å². The van der Waals surface area contributed by atoms with E-state index in [1.807, 2.05) is 31.2 Å². The molecule has 1 saturated carbocycles. The molecule has 3 atom stereocenters. The molecule has 0 spiro atoms. The van der Waals surface area contributed by atoms with E-state index in [9.17, 15) is 4.57 Å². The fourth-order valence-electron chi connectivity index (χ4n) is 3.90. The van der Waals surface area contributed by atoms with Crippen molar-refractivity contribution < 1.29 is 28.3 Å². The summed E-state index contributed by atoms with van der Waals surface area (Å²) in [6, 6.07) is 16.1. The number of hydrogen-bond acceptors (Lipinski definition) is 5. The molecule has 3 rings (SSSR count). The number of rotatable bonds is 10. The Kier molecular flexibility index (Phi) is 7.92. The van der Waals surface area contributed by atoms with Crippen molar-refractivity contribution >= 4 is 7.82 Å². The summed E-state index contributed by atoms with van der Waals surface area (Å²) in [6.07, 6.45) is 2.32. The monoisotopic (exact) mass is 435 g/mol. The number of nitrogens with two attached hydrogens (primary N) is 1. The summed E-state index contributed by atoms with van der Waals surface area (Å²) in [7, 11) is -4.56. The number of phosphoric acid groups is 1. The summed E-state index contributed by atoms with van der Waals surface area (Å²) < 4.78 is 26.9. The standard InChI is InChI=1S/C22H30NO6P/c1-2-27-20-9-3-16(4-10-20)13-14-28-21-11-7-17(8-12-21)18-5-6-19(15-18)22(23)29-30(24,25)26/h3-4,7-12,18-19,22H,2,5-6,13-15,23H2,1H3,(H2,24,25,26). The lowest BCUT2D eigenvalue weighted by Gasteiger charge is -2.20. The molecule has 0 amide bonds. The topological polar surface area (TPSA) is 111 Å². The van der Waals surface area contributed by atoms with Crippen LogP contribution in [0, 0.1) is 5.92 Å². The van der Waals surface area contributed by atoms with E-state index in [2.05, 4.69) is 28.8 Å². The second-order valence-corrected chi connectivity index (χ2v) is 8.77. The smallest absolute Gasteiger partial charge is 0.471 e. The van der Waals surface area contributed by atoms with E-state index in [1.165, 1.54) is 11.1 Å². The average molecular weight is 435 g/mol. The fourth-order valence-corrected chi connectivity index (χ4v) is 4.39. The van der Waals surface area contributed by atoms with Crippen LogP contribution in [0.25, 0.3) is 0 Å². The normalized spacial score (nSPS) is 20.1. The summed E-state index contributed by atoms with van der Waals surface area (Å²) in [5.41, 5.74) is 8.19. The number of benzene rings is 2. The van der Waals surface area contributed by atoms with E-state index in [1.54, 1.807) is 0 Å². The van der Waals surface area contributed by atoms with Crippen molar-refractivity contribution in [2.24, 2.45) is 11.7 Å². The molecule has 0 bridgehead atoms. The van der Waals surface area contributed by atoms with Gasteiger partial charge in [0.1, 0.15) is 17.7 Å². The van der Waals surface area contributed by atoms with Gasteiger partial charge in [-0.3, -0.25) is 4.52 Å². The zero-order chi connectivity index (χ0) is 21.6. The van der Waals surface area contributed by atoms with Crippen molar-refractivity contribution in [3.05, 3.63) is 59.7 Å². The maximum absolute atomic E-state index is 11.0. The Bertz CT molecular complexity index is 836. The first kappa shape index (κ1) is 22.8.